The van der Waals surface area contributed by atoms with Gasteiger partial charge in [-0.1, -0.05) is 67.3 Å². The van der Waals surface area contributed by atoms with Crippen LogP contribution in [0.15, 0.2) is 61.2 Å². The SMILES string of the molecule is C1=CCC=CC1.C=Cc1ccccc1. The van der Waals surface area contributed by atoms with E-state index in [4.69, 9.17) is 0 Å². The van der Waals surface area contributed by atoms with Gasteiger partial charge >= 0.3 is 0 Å². The molecule has 72 valence electrons. The van der Waals surface area contributed by atoms with Gasteiger partial charge in [-0.2, -0.15) is 0 Å². The molecule has 0 aromatic heterocycles. The summed E-state index contributed by atoms with van der Waals surface area (Å²) in [6.45, 7) is 3.63. The van der Waals surface area contributed by atoms with Gasteiger partial charge in [-0.15, -0.1) is 0 Å². The fourth-order valence-electron chi connectivity index (χ4n) is 1.13. The maximum atomic E-state index is 3.63. The van der Waals surface area contributed by atoms with Crippen LogP contribution in [0.5, 0.6) is 0 Å². The second kappa shape index (κ2) is 6.90. The summed E-state index contributed by atoms with van der Waals surface area (Å²) in [4.78, 5) is 0. The second-order valence-corrected chi connectivity index (χ2v) is 3.03. The first kappa shape index (κ1) is 10.5. The highest BCUT2D eigenvalue weighted by atomic mass is 13.8. The second-order valence-electron chi connectivity index (χ2n) is 3.03. The molecule has 0 spiro atoms. The average Bonchev–Trinajstić information content (AvgIpc) is 2.33. The van der Waals surface area contributed by atoms with Gasteiger partial charge in [0.25, 0.3) is 0 Å². The molecule has 14 heavy (non-hydrogen) atoms. The van der Waals surface area contributed by atoms with Crippen LogP contribution in [0.4, 0.5) is 0 Å². The van der Waals surface area contributed by atoms with Crippen LogP contribution in [0.25, 0.3) is 6.08 Å². The average molecular weight is 184 g/mol. The van der Waals surface area contributed by atoms with Crippen LogP contribution in [-0.4, -0.2) is 0 Å². The zero-order chi connectivity index (χ0) is 10.1. The number of benzene rings is 1. The predicted octanol–water partition coefficient (Wildman–Crippen LogP) is 4.22. The molecule has 0 nitrogen and oxygen atoms in total. The summed E-state index contributed by atoms with van der Waals surface area (Å²) in [6, 6.07) is 10.0. The van der Waals surface area contributed by atoms with E-state index < -0.39 is 0 Å². The Labute approximate surface area is 86.3 Å². The Hall–Kier alpha value is -1.56. The highest BCUT2D eigenvalue weighted by Crippen LogP contribution is 1.97. The van der Waals surface area contributed by atoms with Crippen molar-refractivity contribution >= 4 is 6.08 Å². The van der Waals surface area contributed by atoms with Crippen molar-refractivity contribution in [1.29, 1.82) is 0 Å². The van der Waals surface area contributed by atoms with Crippen molar-refractivity contribution in [3.05, 3.63) is 66.8 Å². The van der Waals surface area contributed by atoms with Crippen LogP contribution in [-0.2, 0) is 0 Å². The van der Waals surface area contributed by atoms with Gasteiger partial charge in [-0.05, 0) is 18.4 Å². The van der Waals surface area contributed by atoms with E-state index in [0.717, 1.165) is 12.8 Å². The summed E-state index contributed by atoms with van der Waals surface area (Å²) >= 11 is 0. The molecule has 1 aliphatic carbocycles. The van der Waals surface area contributed by atoms with E-state index in [1.165, 1.54) is 5.56 Å². The van der Waals surface area contributed by atoms with Crippen molar-refractivity contribution in [3.63, 3.8) is 0 Å². The summed E-state index contributed by atoms with van der Waals surface area (Å²) in [5.41, 5.74) is 1.17. The molecule has 0 aliphatic heterocycles. The molecule has 0 heteroatoms. The molecule has 0 atom stereocenters. The first-order valence-electron chi connectivity index (χ1n) is 4.91. The molecule has 0 fully saturated rings. The summed E-state index contributed by atoms with van der Waals surface area (Å²) in [7, 11) is 0. The van der Waals surface area contributed by atoms with E-state index >= 15 is 0 Å². The van der Waals surface area contributed by atoms with Gasteiger partial charge in [0, 0.05) is 0 Å². The smallest absolute Gasteiger partial charge is 0.0169 e. The quantitative estimate of drug-likeness (QED) is 0.573. The molecule has 0 saturated heterocycles. The predicted molar refractivity (Wildman–Crippen MR) is 64.0 cm³/mol. The van der Waals surface area contributed by atoms with E-state index in [1.54, 1.807) is 0 Å². The molecular weight excluding hydrogens is 168 g/mol. The van der Waals surface area contributed by atoms with Gasteiger partial charge in [-0.3, -0.25) is 0 Å². The molecule has 1 aromatic rings. The third-order valence-electron chi connectivity index (χ3n) is 1.91. The molecule has 1 aromatic carbocycles. The van der Waals surface area contributed by atoms with Gasteiger partial charge < -0.3 is 0 Å². The molecule has 0 saturated carbocycles. The monoisotopic (exact) mass is 184 g/mol. The summed E-state index contributed by atoms with van der Waals surface area (Å²) < 4.78 is 0. The van der Waals surface area contributed by atoms with Crippen LogP contribution < -0.4 is 0 Å². The summed E-state index contributed by atoms with van der Waals surface area (Å²) in [6.07, 6.45) is 12.8. The van der Waals surface area contributed by atoms with Crippen molar-refractivity contribution in [3.8, 4) is 0 Å². The number of allylic oxidation sites excluding steroid dienone is 4. The zero-order valence-corrected chi connectivity index (χ0v) is 8.39. The Morgan fingerprint density at radius 2 is 1.36 bits per heavy atom. The van der Waals surface area contributed by atoms with Crippen molar-refractivity contribution in [2.45, 2.75) is 12.8 Å². The molecule has 2 rings (SSSR count). The van der Waals surface area contributed by atoms with E-state index in [0.29, 0.717) is 0 Å². The van der Waals surface area contributed by atoms with Gasteiger partial charge in [-0.25, -0.2) is 0 Å². The fourth-order valence-corrected chi connectivity index (χ4v) is 1.13. The molecular formula is C14H16. The highest BCUT2D eigenvalue weighted by Gasteiger charge is 1.76. The Morgan fingerprint density at radius 3 is 1.64 bits per heavy atom. The molecule has 0 unspecified atom stereocenters. The van der Waals surface area contributed by atoms with Crippen LogP contribution in [0.3, 0.4) is 0 Å². The Morgan fingerprint density at radius 1 is 0.857 bits per heavy atom. The van der Waals surface area contributed by atoms with Gasteiger partial charge in [0.2, 0.25) is 0 Å². The number of rotatable bonds is 1. The first-order valence-corrected chi connectivity index (χ1v) is 4.91. The maximum Gasteiger partial charge on any atom is -0.0169 e. The van der Waals surface area contributed by atoms with Crippen molar-refractivity contribution in [2.75, 3.05) is 0 Å². The van der Waals surface area contributed by atoms with E-state index in [9.17, 15) is 0 Å². The number of hydrogen-bond donors (Lipinski definition) is 0. The normalized spacial score (nSPS) is 12.9. The van der Waals surface area contributed by atoms with Crippen molar-refractivity contribution in [2.24, 2.45) is 0 Å². The largest absolute Gasteiger partial charge is 0.0985 e. The lowest BCUT2D eigenvalue weighted by atomic mass is 10.2. The minimum atomic E-state index is 1.14. The van der Waals surface area contributed by atoms with Crippen molar-refractivity contribution < 1.29 is 0 Å². The Kier molecular flexibility index (Phi) is 5.19. The minimum Gasteiger partial charge on any atom is -0.0985 e. The minimum absolute atomic E-state index is 1.14. The van der Waals surface area contributed by atoms with Crippen LogP contribution in [0, 0.1) is 0 Å². The Balaban J connectivity index is 0.000000146. The standard InChI is InChI=1S/C8H8.C6H8/c1-2-8-6-4-3-5-7-8;1-2-4-6-5-3-1/h2-7H,1H2;1-2,5-6H,3-4H2. The molecule has 0 heterocycles. The van der Waals surface area contributed by atoms with Crippen LogP contribution in [0.1, 0.15) is 18.4 Å². The van der Waals surface area contributed by atoms with Crippen molar-refractivity contribution in [1.82, 2.24) is 0 Å². The maximum absolute atomic E-state index is 3.63. The Bertz CT molecular complexity index is 284. The van der Waals surface area contributed by atoms with Gasteiger partial charge in [0.15, 0.2) is 0 Å². The zero-order valence-electron chi connectivity index (χ0n) is 8.39. The first-order chi connectivity index (χ1) is 6.93. The van der Waals surface area contributed by atoms with Crippen LogP contribution in [0.2, 0.25) is 0 Å². The fraction of sp³-hybridized carbons (Fsp3) is 0.143. The number of hydrogen-bond acceptors (Lipinski definition) is 0. The van der Waals surface area contributed by atoms with Gasteiger partial charge in [0.05, 0.1) is 0 Å². The molecule has 0 amide bonds. The molecule has 1 aliphatic rings. The third-order valence-corrected chi connectivity index (χ3v) is 1.91. The van der Waals surface area contributed by atoms with E-state index in [2.05, 4.69) is 30.9 Å². The van der Waals surface area contributed by atoms with Gasteiger partial charge in [0.1, 0.15) is 0 Å². The van der Waals surface area contributed by atoms with Crippen LogP contribution >= 0.6 is 0 Å². The molecule has 0 bridgehead atoms. The lowest BCUT2D eigenvalue weighted by Gasteiger charge is -1.87. The lowest BCUT2D eigenvalue weighted by Crippen LogP contribution is -1.66. The lowest BCUT2D eigenvalue weighted by molar-refractivity contribution is 1.23. The topological polar surface area (TPSA) is 0 Å². The van der Waals surface area contributed by atoms with E-state index in [-0.39, 0.29) is 0 Å². The highest BCUT2D eigenvalue weighted by molar-refractivity contribution is 5.45. The molecule has 0 N–H and O–H groups in total. The summed E-state index contributed by atoms with van der Waals surface area (Å²) in [5, 5.41) is 0. The summed E-state index contributed by atoms with van der Waals surface area (Å²) in [5.74, 6) is 0. The van der Waals surface area contributed by atoms with E-state index in [1.807, 2.05) is 36.4 Å². The third kappa shape index (κ3) is 4.46. The molecule has 0 radical (unpaired) electrons.